The molecule has 2 saturated carbocycles. The van der Waals surface area contributed by atoms with Crippen molar-refractivity contribution < 1.29 is 0 Å². The van der Waals surface area contributed by atoms with Crippen molar-refractivity contribution in [2.45, 2.75) is 19.8 Å². The minimum absolute atomic E-state index is 1.03. The molecule has 2 aliphatic carbocycles. The van der Waals surface area contributed by atoms with Gasteiger partial charge in [0.2, 0.25) is 0 Å². The second kappa shape index (κ2) is 2.01. The van der Waals surface area contributed by atoms with Crippen molar-refractivity contribution in [3.63, 3.8) is 0 Å². The molecule has 1 heteroatoms. The number of rotatable bonds is 0. The van der Waals surface area contributed by atoms with Gasteiger partial charge in [-0.15, -0.1) is 0 Å². The first-order valence-corrected chi connectivity index (χ1v) is 5.07. The molecule has 1 nitrogen and oxygen atoms in total. The third-order valence-corrected chi connectivity index (χ3v) is 4.54. The molecular weight excluding hydrogens is 134 g/mol. The third-order valence-electron chi connectivity index (χ3n) is 4.54. The second-order valence-corrected chi connectivity index (χ2v) is 4.84. The molecule has 0 aromatic carbocycles. The maximum atomic E-state index is 3.57. The molecule has 5 atom stereocenters. The van der Waals surface area contributed by atoms with Crippen LogP contribution < -0.4 is 5.32 Å². The standard InChI is InChI=1S/C10H17N/c1-6-7-2-8-4-11-5-10(6)9(8)3-7/h6-11H,2-5H2,1H3. The van der Waals surface area contributed by atoms with Gasteiger partial charge in [-0.1, -0.05) is 6.92 Å². The second-order valence-electron chi connectivity index (χ2n) is 4.84. The molecule has 0 aromatic heterocycles. The van der Waals surface area contributed by atoms with Crippen LogP contribution in [0, 0.1) is 29.6 Å². The smallest absolute Gasteiger partial charge is 0.00150 e. The monoisotopic (exact) mass is 151 g/mol. The zero-order valence-corrected chi connectivity index (χ0v) is 7.22. The van der Waals surface area contributed by atoms with E-state index in [0.29, 0.717) is 0 Å². The minimum atomic E-state index is 1.03. The Bertz CT molecular complexity index is 174. The quantitative estimate of drug-likeness (QED) is 0.553. The Hall–Kier alpha value is -0.0400. The summed E-state index contributed by atoms with van der Waals surface area (Å²) in [6.45, 7) is 5.11. The first-order chi connectivity index (χ1) is 5.36. The summed E-state index contributed by atoms with van der Waals surface area (Å²) in [5.74, 6) is 5.37. The first-order valence-electron chi connectivity index (χ1n) is 5.07. The van der Waals surface area contributed by atoms with Crippen molar-refractivity contribution in [1.82, 2.24) is 5.32 Å². The van der Waals surface area contributed by atoms with E-state index in [-0.39, 0.29) is 0 Å². The number of hydrogen-bond donors (Lipinski definition) is 1. The summed E-state index contributed by atoms with van der Waals surface area (Å²) >= 11 is 0. The number of piperidine rings is 1. The largest absolute Gasteiger partial charge is 0.316 e. The van der Waals surface area contributed by atoms with Crippen LogP contribution in [-0.4, -0.2) is 13.1 Å². The Labute approximate surface area is 68.6 Å². The summed E-state index contributed by atoms with van der Waals surface area (Å²) in [6.07, 6.45) is 3.10. The van der Waals surface area contributed by atoms with Crippen molar-refractivity contribution in [2.24, 2.45) is 29.6 Å². The maximum Gasteiger partial charge on any atom is -0.00150 e. The van der Waals surface area contributed by atoms with Gasteiger partial charge in [0.05, 0.1) is 0 Å². The van der Waals surface area contributed by atoms with E-state index in [0.717, 1.165) is 29.6 Å². The normalized spacial score (nSPS) is 60.3. The lowest BCUT2D eigenvalue weighted by Crippen LogP contribution is -2.44. The van der Waals surface area contributed by atoms with Crippen molar-refractivity contribution in [2.75, 3.05) is 13.1 Å². The fourth-order valence-electron chi connectivity index (χ4n) is 3.90. The van der Waals surface area contributed by atoms with Crippen LogP contribution >= 0.6 is 0 Å². The van der Waals surface area contributed by atoms with Gasteiger partial charge in [0, 0.05) is 0 Å². The molecule has 0 amide bonds. The van der Waals surface area contributed by atoms with Crippen LogP contribution in [-0.2, 0) is 0 Å². The van der Waals surface area contributed by atoms with Crippen LogP contribution in [0.4, 0.5) is 0 Å². The van der Waals surface area contributed by atoms with Gasteiger partial charge >= 0.3 is 0 Å². The molecule has 1 heterocycles. The highest BCUT2D eigenvalue weighted by molar-refractivity contribution is 5.02. The molecule has 1 saturated heterocycles. The van der Waals surface area contributed by atoms with Gasteiger partial charge in [-0.3, -0.25) is 0 Å². The predicted molar refractivity (Wildman–Crippen MR) is 45.2 cm³/mol. The topological polar surface area (TPSA) is 12.0 Å². The lowest BCUT2D eigenvalue weighted by molar-refractivity contribution is 0.130. The molecule has 0 aromatic rings. The van der Waals surface area contributed by atoms with E-state index in [1.165, 1.54) is 19.5 Å². The van der Waals surface area contributed by atoms with E-state index in [9.17, 15) is 0 Å². The van der Waals surface area contributed by atoms with Crippen LogP contribution in [0.5, 0.6) is 0 Å². The van der Waals surface area contributed by atoms with Crippen LogP contribution in [0.1, 0.15) is 19.8 Å². The lowest BCUT2D eigenvalue weighted by Gasteiger charge is -2.39. The lowest BCUT2D eigenvalue weighted by atomic mass is 9.72. The average molecular weight is 151 g/mol. The van der Waals surface area contributed by atoms with E-state index in [1.807, 2.05) is 0 Å². The number of hydrogen-bond acceptors (Lipinski definition) is 1. The zero-order valence-electron chi connectivity index (χ0n) is 7.22. The van der Waals surface area contributed by atoms with E-state index in [4.69, 9.17) is 0 Å². The molecule has 0 radical (unpaired) electrons. The van der Waals surface area contributed by atoms with E-state index >= 15 is 0 Å². The van der Waals surface area contributed by atoms with Gasteiger partial charge < -0.3 is 5.32 Å². The Morgan fingerprint density at radius 1 is 1.00 bits per heavy atom. The molecule has 1 N–H and O–H groups in total. The summed E-state index contributed by atoms with van der Waals surface area (Å²) in [5.41, 5.74) is 0. The molecule has 1 aliphatic heterocycles. The fraction of sp³-hybridized carbons (Fsp3) is 1.00. The van der Waals surface area contributed by atoms with E-state index in [2.05, 4.69) is 12.2 Å². The average Bonchev–Trinajstić information content (AvgIpc) is 2.53. The molecule has 2 bridgehead atoms. The fourth-order valence-corrected chi connectivity index (χ4v) is 3.90. The summed E-state index contributed by atoms with van der Waals surface area (Å²) in [6, 6.07) is 0. The van der Waals surface area contributed by atoms with E-state index in [1.54, 1.807) is 6.42 Å². The number of nitrogens with one attached hydrogen (secondary N) is 1. The highest BCUT2D eigenvalue weighted by Crippen LogP contribution is 2.55. The van der Waals surface area contributed by atoms with Crippen LogP contribution in [0.25, 0.3) is 0 Å². The van der Waals surface area contributed by atoms with Crippen LogP contribution in [0.15, 0.2) is 0 Å². The highest BCUT2D eigenvalue weighted by Gasteiger charge is 2.51. The summed E-state index contributed by atoms with van der Waals surface area (Å²) in [5, 5.41) is 3.57. The van der Waals surface area contributed by atoms with Crippen molar-refractivity contribution >= 4 is 0 Å². The molecule has 5 unspecified atom stereocenters. The summed E-state index contributed by atoms with van der Waals surface area (Å²) in [7, 11) is 0. The molecular formula is C10H17N. The molecule has 62 valence electrons. The molecule has 3 rings (SSSR count). The molecule has 11 heavy (non-hydrogen) atoms. The van der Waals surface area contributed by atoms with Gasteiger partial charge in [0.1, 0.15) is 0 Å². The maximum absolute atomic E-state index is 3.57. The van der Waals surface area contributed by atoms with Crippen molar-refractivity contribution in [3.05, 3.63) is 0 Å². The summed E-state index contributed by atoms with van der Waals surface area (Å²) in [4.78, 5) is 0. The molecule has 3 fully saturated rings. The van der Waals surface area contributed by atoms with Gasteiger partial charge in [-0.25, -0.2) is 0 Å². The number of fused-ring (bicyclic) bond motifs is 1. The van der Waals surface area contributed by atoms with Crippen molar-refractivity contribution in [1.29, 1.82) is 0 Å². The molecule has 3 aliphatic rings. The van der Waals surface area contributed by atoms with Crippen molar-refractivity contribution in [3.8, 4) is 0 Å². The van der Waals surface area contributed by atoms with Crippen LogP contribution in [0.3, 0.4) is 0 Å². The Morgan fingerprint density at radius 2 is 1.91 bits per heavy atom. The molecule has 0 spiro atoms. The minimum Gasteiger partial charge on any atom is -0.316 e. The summed E-state index contributed by atoms with van der Waals surface area (Å²) < 4.78 is 0. The first kappa shape index (κ1) is 6.47. The highest BCUT2D eigenvalue weighted by atomic mass is 14.9. The van der Waals surface area contributed by atoms with Gasteiger partial charge in [0.25, 0.3) is 0 Å². The van der Waals surface area contributed by atoms with Gasteiger partial charge in [-0.05, 0) is 55.5 Å². The third kappa shape index (κ3) is 0.703. The zero-order chi connectivity index (χ0) is 7.42. The SMILES string of the molecule is CC1C2CC3CNCC1C3C2. The van der Waals surface area contributed by atoms with Gasteiger partial charge in [0.15, 0.2) is 0 Å². The van der Waals surface area contributed by atoms with E-state index < -0.39 is 0 Å². The Morgan fingerprint density at radius 3 is 2.64 bits per heavy atom. The predicted octanol–water partition coefficient (Wildman–Crippen LogP) is 1.50. The van der Waals surface area contributed by atoms with Gasteiger partial charge in [-0.2, -0.15) is 0 Å². The Balaban J connectivity index is 1.92. The van der Waals surface area contributed by atoms with Crippen LogP contribution in [0.2, 0.25) is 0 Å². The Kier molecular flexibility index (Phi) is 1.18.